The van der Waals surface area contributed by atoms with Crippen LogP contribution in [-0.2, 0) is 0 Å². The fourth-order valence-electron chi connectivity index (χ4n) is 2.41. The minimum atomic E-state index is -0.281. The molecule has 0 amide bonds. The minimum absolute atomic E-state index is 0.257. The number of hydrogen-bond acceptors (Lipinski definition) is 5. The summed E-state index contributed by atoms with van der Waals surface area (Å²) in [5.41, 5.74) is 2.68. The Morgan fingerprint density at radius 3 is 2.74 bits per heavy atom. The zero-order chi connectivity index (χ0) is 19.2. The van der Waals surface area contributed by atoms with Crippen LogP contribution >= 0.6 is 11.6 Å². The lowest BCUT2D eigenvalue weighted by atomic mass is 10.2. The van der Waals surface area contributed by atoms with E-state index in [9.17, 15) is 5.11 Å². The maximum absolute atomic E-state index is 10.0. The van der Waals surface area contributed by atoms with E-state index in [0.717, 1.165) is 29.7 Å². The van der Waals surface area contributed by atoms with E-state index in [0.29, 0.717) is 23.2 Å². The maximum atomic E-state index is 10.0. The molecule has 3 rings (SSSR count). The molecule has 0 spiro atoms. The zero-order valence-electron chi connectivity index (χ0n) is 15.3. The summed E-state index contributed by atoms with van der Waals surface area (Å²) in [5.74, 6) is 0.828. The first kappa shape index (κ1) is 19.0. The molecule has 1 aromatic heterocycles. The number of oxazole rings is 1. The first-order valence-corrected chi connectivity index (χ1v) is 9.18. The molecule has 0 fully saturated rings. The maximum Gasteiger partial charge on any atom is 0.312 e. The molecule has 2 aromatic carbocycles. The standard InChI is InChI=1S/C21H21ClN2O3/c1-3-4-11-26-17-9-6-15(7-10-17)20-24-19(21(25)27-20)13-23-18-12-16(22)8-5-14(18)2/h5-10,12-13,25H,3-4,11H2,1-2H3. The second kappa shape index (κ2) is 8.73. The van der Waals surface area contributed by atoms with Gasteiger partial charge < -0.3 is 14.3 Å². The van der Waals surface area contributed by atoms with E-state index >= 15 is 0 Å². The van der Waals surface area contributed by atoms with E-state index in [-0.39, 0.29) is 11.6 Å². The van der Waals surface area contributed by atoms with Crippen molar-refractivity contribution >= 4 is 23.5 Å². The van der Waals surface area contributed by atoms with Gasteiger partial charge in [-0.1, -0.05) is 31.0 Å². The molecule has 0 atom stereocenters. The third-order valence-electron chi connectivity index (χ3n) is 4.00. The molecule has 3 aromatic rings. The van der Waals surface area contributed by atoms with Crippen molar-refractivity contribution in [2.75, 3.05) is 6.61 Å². The van der Waals surface area contributed by atoms with E-state index in [1.165, 1.54) is 6.21 Å². The molecular weight excluding hydrogens is 364 g/mol. The van der Waals surface area contributed by atoms with Crippen LogP contribution in [0.5, 0.6) is 11.7 Å². The van der Waals surface area contributed by atoms with E-state index in [4.69, 9.17) is 20.8 Å². The van der Waals surface area contributed by atoms with Crippen molar-refractivity contribution < 1.29 is 14.3 Å². The summed E-state index contributed by atoms with van der Waals surface area (Å²) in [6.45, 7) is 4.75. The molecule has 0 unspecified atom stereocenters. The number of unbranched alkanes of at least 4 members (excludes halogenated alkanes) is 1. The predicted octanol–water partition coefficient (Wildman–Crippen LogP) is 5.94. The van der Waals surface area contributed by atoms with E-state index < -0.39 is 0 Å². The van der Waals surface area contributed by atoms with Crippen molar-refractivity contribution in [1.29, 1.82) is 0 Å². The lowest BCUT2D eigenvalue weighted by molar-refractivity contribution is 0.309. The topological polar surface area (TPSA) is 67.9 Å². The molecule has 0 aliphatic rings. The van der Waals surface area contributed by atoms with Crippen LogP contribution in [0.15, 0.2) is 51.9 Å². The van der Waals surface area contributed by atoms with E-state index in [1.54, 1.807) is 12.1 Å². The molecule has 140 valence electrons. The lowest BCUT2D eigenvalue weighted by Crippen LogP contribution is -1.95. The lowest BCUT2D eigenvalue weighted by Gasteiger charge is -2.05. The Hall–Kier alpha value is -2.79. The number of aliphatic imine (C=N–C) groups is 1. The fourth-order valence-corrected chi connectivity index (χ4v) is 2.58. The van der Waals surface area contributed by atoms with Crippen molar-refractivity contribution in [2.24, 2.45) is 4.99 Å². The molecule has 27 heavy (non-hydrogen) atoms. The Morgan fingerprint density at radius 1 is 1.22 bits per heavy atom. The number of aromatic nitrogens is 1. The smallest absolute Gasteiger partial charge is 0.312 e. The molecular formula is C21H21ClN2O3. The number of rotatable bonds is 7. The van der Waals surface area contributed by atoms with Crippen LogP contribution in [0.3, 0.4) is 0 Å². The second-order valence-corrected chi connectivity index (χ2v) is 6.56. The number of halogens is 1. The zero-order valence-corrected chi connectivity index (χ0v) is 16.0. The summed E-state index contributed by atoms with van der Waals surface area (Å²) in [6.07, 6.45) is 3.57. The van der Waals surface area contributed by atoms with Crippen LogP contribution in [0.25, 0.3) is 11.5 Å². The number of hydrogen-bond donors (Lipinski definition) is 1. The van der Waals surface area contributed by atoms with Gasteiger partial charge in [-0.05, 0) is 55.3 Å². The molecule has 0 radical (unpaired) electrons. The Bertz CT molecular complexity index is 933. The van der Waals surface area contributed by atoms with Crippen molar-refractivity contribution in [3.05, 3.63) is 58.7 Å². The first-order chi connectivity index (χ1) is 13.1. The average Bonchev–Trinajstić information content (AvgIpc) is 3.04. The summed E-state index contributed by atoms with van der Waals surface area (Å²) >= 11 is 6.00. The summed E-state index contributed by atoms with van der Waals surface area (Å²) < 4.78 is 11.0. The fraction of sp³-hybridized carbons (Fsp3) is 0.238. The minimum Gasteiger partial charge on any atom is -0.494 e. The van der Waals surface area contributed by atoms with Gasteiger partial charge in [0.2, 0.25) is 5.89 Å². The number of aryl methyl sites for hydroxylation is 1. The number of aromatic hydroxyl groups is 1. The van der Waals surface area contributed by atoms with Gasteiger partial charge in [0.15, 0.2) is 5.69 Å². The molecule has 0 saturated heterocycles. The Morgan fingerprint density at radius 2 is 2.00 bits per heavy atom. The molecule has 1 N–H and O–H groups in total. The van der Waals surface area contributed by atoms with Gasteiger partial charge in [-0.25, -0.2) is 4.98 Å². The van der Waals surface area contributed by atoms with Gasteiger partial charge in [0, 0.05) is 10.6 Å². The highest BCUT2D eigenvalue weighted by atomic mass is 35.5. The van der Waals surface area contributed by atoms with Crippen molar-refractivity contribution in [1.82, 2.24) is 4.98 Å². The van der Waals surface area contributed by atoms with Crippen LogP contribution in [0, 0.1) is 6.92 Å². The van der Waals surface area contributed by atoms with Crippen LogP contribution in [-0.4, -0.2) is 22.9 Å². The highest BCUT2D eigenvalue weighted by Gasteiger charge is 2.12. The van der Waals surface area contributed by atoms with Crippen LogP contribution < -0.4 is 4.74 Å². The molecule has 0 saturated carbocycles. The summed E-state index contributed by atoms with van der Waals surface area (Å²) in [7, 11) is 0. The van der Waals surface area contributed by atoms with Gasteiger partial charge in [0.1, 0.15) is 5.75 Å². The molecule has 6 heteroatoms. The van der Waals surface area contributed by atoms with Crippen molar-refractivity contribution in [2.45, 2.75) is 26.7 Å². The Kier molecular flexibility index (Phi) is 6.14. The predicted molar refractivity (Wildman–Crippen MR) is 107 cm³/mol. The largest absolute Gasteiger partial charge is 0.494 e. The van der Waals surface area contributed by atoms with Gasteiger partial charge in [0.25, 0.3) is 0 Å². The Balaban J connectivity index is 1.76. The third-order valence-corrected chi connectivity index (χ3v) is 4.23. The van der Waals surface area contributed by atoms with Gasteiger partial charge in [-0.3, -0.25) is 4.99 Å². The monoisotopic (exact) mass is 384 g/mol. The molecule has 0 bridgehead atoms. The molecule has 0 aliphatic carbocycles. The summed E-state index contributed by atoms with van der Waals surface area (Å²) in [6, 6.07) is 12.8. The van der Waals surface area contributed by atoms with Crippen molar-refractivity contribution in [3.8, 4) is 23.1 Å². The number of ether oxygens (including phenoxy) is 1. The van der Waals surface area contributed by atoms with Crippen LogP contribution in [0.1, 0.15) is 31.0 Å². The van der Waals surface area contributed by atoms with Crippen LogP contribution in [0.2, 0.25) is 5.02 Å². The SMILES string of the molecule is CCCCOc1ccc(-c2nc(C=Nc3cc(Cl)ccc3C)c(O)o2)cc1. The van der Waals surface area contributed by atoms with Gasteiger partial charge in [-0.2, -0.15) is 0 Å². The van der Waals surface area contributed by atoms with Gasteiger partial charge in [0.05, 0.1) is 18.5 Å². The van der Waals surface area contributed by atoms with Crippen molar-refractivity contribution in [3.63, 3.8) is 0 Å². The molecule has 5 nitrogen and oxygen atoms in total. The summed E-state index contributed by atoms with van der Waals surface area (Å²) in [4.78, 5) is 8.66. The quantitative estimate of drug-likeness (QED) is 0.404. The Labute approximate surface area is 163 Å². The highest BCUT2D eigenvalue weighted by Crippen LogP contribution is 2.28. The molecule has 0 aliphatic heterocycles. The van der Waals surface area contributed by atoms with Gasteiger partial charge >= 0.3 is 5.95 Å². The van der Waals surface area contributed by atoms with E-state index in [2.05, 4.69) is 16.9 Å². The normalized spacial score (nSPS) is 11.2. The third kappa shape index (κ3) is 4.89. The highest BCUT2D eigenvalue weighted by molar-refractivity contribution is 6.30. The molecule has 1 heterocycles. The van der Waals surface area contributed by atoms with Gasteiger partial charge in [-0.15, -0.1) is 0 Å². The number of nitrogens with zero attached hydrogens (tertiary/aromatic N) is 2. The second-order valence-electron chi connectivity index (χ2n) is 6.12. The average molecular weight is 385 g/mol. The van der Waals surface area contributed by atoms with Crippen LogP contribution in [0.4, 0.5) is 5.69 Å². The summed E-state index contributed by atoms with van der Waals surface area (Å²) in [5, 5.41) is 10.6. The number of benzene rings is 2. The first-order valence-electron chi connectivity index (χ1n) is 8.80. The van der Waals surface area contributed by atoms with E-state index in [1.807, 2.05) is 37.3 Å².